The van der Waals surface area contributed by atoms with Gasteiger partial charge in [-0.15, -0.1) is 0 Å². The van der Waals surface area contributed by atoms with Gasteiger partial charge < -0.3 is 4.57 Å². The molecule has 11 rings (SSSR count). The summed E-state index contributed by atoms with van der Waals surface area (Å²) >= 11 is 0. The van der Waals surface area contributed by atoms with E-state index >= 15 is 0 Å². The molecule has 4 nitrogen and oxygen atoms in total. The minimum atomic E-state index is 0.809. The molecule has 0 saturated heterocycles. The molecule has 8 aromatic carbocycles. The number of anilines is 3. The molecule has 0 atom stereocenters. The van der Waals surface area contributed by atoms with E-state index in [0.717, 1.165) is 50.7 Å². The highest BCUT2D eigenvalue weighted by molar-refractivity contribution is 6.16. The van der Waals surface area contributed by atoms with Crippen molar-refractivity contribution in [3.63, 3.8) is 0 Å². The highest BCUT2D eigenvalue weighted by Gasteiger charge is 2.30. The SMILES string of the molecule is c1ccc(-n2c3ccccc3c3ccc(-c4nc5ccccc5nc4N4c5cc6ccccc6cc5-c5cccc6cccc4c56)cc32)cc1. The lowest BCUT2D eigenvalue weighted by Crippen LogP contribution is -2.18. The van der Waals surface area contributed by atoms with Gasteiger partial charge in [0.1, 0.15) is 5.69 Å². The Kier molecular flexibility index (Phi) is 5.63. The third-order valence-corrected chi connectivity index (χ3v) is 10.2. The predicted octanol–water partition coefficient (Wildman–Crippen LogP) is 12.2. The number of nitrogens with zero attached hydrogens (tertiary/aromatic N) is 4. The first kappa shape index (κ1) is 27.2. The Hall–Kier alpha value is -6.78. The van der Waals surface area contributed by atoms with Crippen LogP contribution in [0.3, 0.4) is 0 Å². The first-order chi connectivity index (χ1) is 24.8. The zero-order chi connectivity index (χ0) is 32.8. The highest BCUT2D eigenvalue weighted by atomic mass is 15.2. The van der Waals surface area contributed by atoms with E-state index in [-0.39, 0.29) is 0 Å². The van der Waals surface area contributed by atoms with Crippen LogP contribution in [-0.2, 0) is 0 Å². The van der Waals surface area contributed by atoms with Gasteiger partial charge in [0.15, 0.2) is 5.82 Å². The largest absolute Gasteiger partial charge is 0.309 e. The summed E-state index contributed by atoms with van der Waals surface area (Å²) in [4.78, 5) is 13.2. The van der Waals surface area contributed by atoms with Crippen LogP contribution in [0.4, 0.5) is 17.2 Å². The molecule has 1 aliphatic heterocycles. The zero-order valence-electron chi connectivity index (χ0n) is 27.0. The number of rotatable bonds is 3. The molecule has 0 bridgehead atoms. The molecular formula is C46H28N4. The summed E-state index contributed by atoms with van der Waals surface area (Å²) in [5.74, 6) is 0.809. The monoisotopic (exact) mass is 636 g/mol. The zero-order valence-corrected chi connectivity index (χ0v) is 27.0. The average Bonchev–Trinajstić information content (AvgIpc) is 3.51. The number of para-hydroxylation sites is 4. The fourth-order valence-corrected chi connectivity index (χ4v) is 8.03. The molecule has 0 unspecified atom stereocenters. The van der Waals surface area contributed by atoms with Crippen molar-refractivity contribution in [3.05, 3.63) is 170 Å². The molecule has 4 heteroatoms. The van der Waals surface area contributed by atoms with E-state index in [4.69, 9.17) is 9.97 Å². The molecular weight excluding hydrogens is 609 g/mol. The van der Waals surface area contributed by atoms with Crippen LogP contribution in [0.1, 0.15) is 0 Å². The van der Waals surface area contributed by atoms with Gasteiger partial charge in [-0.2, -0.15) is 0 Å². The lowest BCUT2D eigenvalue weighted by molar-refractivity contribution is 1.17. The lowest BCUT2D eigenvalue weighted by atomic mass is 9.89. The fraction of sp³-hybridized carbons (Fsp3) is 0. The number of aromatic nitrogens is 3. The van der Waals surface area contributed by atoms with Gasteiger partial charge in [-0.1, -0.05) is 115 Å². The Morgan fingerprint density at radius 3 is 1.96 bits per heavy atom. The van der Waals surface area contributed by atoms with Crippen LogP contribution in [0.5, 0.6) is 0 Å². The molecule has 10 aromatic rings. The van der Waals surface area contributed by atoms with Crippen molar-refractivity contribution in [1.82, 2.24) is 14.5 Å². The maximum Gasteiger partial charge on any atom is 0.165 e. The summed E-state index contributed by atoms with van der Waals surface area (Å²) in [6.45, 7) is 0. The molecule has 0 aliphatic carbocycles. The summed E-state index contributed by atoms with van der Waals surface area (Å²) in [6.07, 6.45) is 0. The number of fused-ring (bicyclic) bond motifs is 7. The van der Waals surface area contributed by atoms with Crippen molar-refractivity contribution in [3.8, 4) is 28.1 Å². The van der Waals surface area contributed by atoms with Crippen LogP contribution in [0, 0.1) is 0 Å². The summed E-state index contributed by atoms with van der Waals surface area (Å²) < 4.78 is 2.36. The normalized spacial score (nSPS) is 12.4. The number of hydrogen-bond acceptors (Lipinski definition) is 3. The average molecular weight is 637 g/mol. The lowest BCUT2D eigenvalue weighted by Gasteiger charge is -2.34. The van der Waals surface area contributed by atoms with E-state index in [9.17, 15) is 0 Å². The van der Waals surface area contributed by atoms with E-state index in [2.05, 4.69) is 167 Å². The van der Waals surface area contributed by atoms with Gasteiger partial charge in [0.2, 0.25) is 0 Å². The molecule has 0 amide bonds. The minimum Gasteiger partial charge on any atom is -0.309 e. The summed E-state index contributed by atoms with van der Waals surface area (Å²) in [7, 11) is 0. The molecule has 232 valence electrons. The van der Waals surface area contributed by atoms with Crippen LogP contribution in [0.25, 0.3) is 82.5 Å². The summed E-state index contributed by atoms with van der Waals surface area (Å²) in [5, 5.41) is 7.25. The molecule has 0 radical (unpaired) electrons. The van der Waals surface area contributed by atoms with Gasteiger partial charge in [-0.25, -0.2) is 9.97 Å². The van der Waals surface area contributed by atoms with Crippen LogP contribution >= 0.6 is 0 Å². The Bertz CT molecular complexity index is 2990. The van der Waals surface area contributed by atoms with Gasteiger partial charge in [0.05, 0.1) is 33.4 Å². The van der Waals surface area contributed by atoms with Crippen molar-refractivity contribution < 1.29 is 0 Å². The highest BCUT2D eigenvalue weighted by Crippen LogP contribution is 2.53. The standard InChI is InChI=1S/C46H28N4/c1-2-16-33(17-3-1)49-40-22-9-6-18-34(40)35-25-24-32(28-42(35)49)45-46(48-39-21-8-7-20-38(39)47-45)50-41-23-11-15-29-14-10-19-36(44(29)41)37-26-30-12-4-5-13-31(30)27-43(37)50/h1-28H. The molecule has 1 aliphatic rings. The predicted molar refractivity (Wildman–Crippen MR) is 208 cm³/mol. The van der Waals surface area contributed by atoms with Crippen molar-refractivity contribution in [1.29, 1.82) is 0 Å². The van der Waals surface area contributed by atoms with Crippen molar-refractivity contribution in [2.75, 3.05) is 4.90 Å². The molecule has 0 fully saturated rings. The van der Waals surface area contributed by atoms with Crippen LogP contribution < -0.4 is 4.90 Å². The van der Waals surface area contributed by atoms with Crippen LogP contribution in [0.2, 0.25) is 0 Å². The van der Waals surface area contributed by atoms with Crippen molar-refractivity contribution in [2.24, 2.45) is 0 Å². The van der Waals surface area contributed by atoms with Gasteiger partial charge in [0, 0.05) is 33.0 Å². The van der Waals surface area contributed by atoms with Gasteiger partial charge in [-0.3, -0.25) is 4.90 Å². The van der Waals surface area contributed by atoms with E-state index in [1.807, 2.05) is 12.1 Å². The van der Waals surface area contributed by atoms with Crippen molar-refractivity contribution >= 4 is 71.6 Å². The molecule has 0 N–H and O–H groups in total. The summed E-state index contributed by atoms with van der Waals surface area (Å²) in [5.41, 5.74) is 11.6. The van der Waals surface area contributed by atoms with Gasteiger partial charge >= 0.3 is 0 Å². The van der Waals surface area contributed by atoms with Gasteiger partial charge in [0.25, 0.3) is 0 Å². The van der Waals surface area contributed by atoms with E-state index < -0.39 is 0 Å². The topological polar surface area (TPSA) is 34.0 Å². The summed E-state index contributed by atoms with van der Waals surface area (Å²) in [6, 6.07) is 60.7. The Morgan fingerprint density at radius 1 is 0.420 bits per heavy atom. The van der Waals surface area contributed by atoms with E-state index in [1.54, 1.807) is 0 Å². The van der Waals surface area contributed by atoms with Crippen LogP contribution in [-0.4, -0.2) is 14.5 Å². The maximum atomic E-state index is 5.47. The second-order valence-corrected chi connectivity index (χ2v) is 13.0. The molecule has 50 heavy (non-hydrogen) atoms. The first-order valence-electron chi connectivity index (χ1n) is 17.0. The van der Waals surface area contributed by atoms with Crippen LogP contribution in [0.15, 0.2) is 170 Å². The fourth-order valence-electron chi connectivity index (χ4n) is 8.03. The van der Waals surface area contributed by atoms with E-state index in [0.29, 0.717) is 0 Å². The third kappa shape index (κ3) is 3.87. The first-order valence-corrected chi connectivity index (χ1v) is 17.0. The third-order valence-electron chi connectivity index (χ3n) is 10.2. The molecule has 3 heterocycles. The number of benzene rings is 8. The Morgan fingerprint density at radius 2 is 1.10 bits per heavy atom. The molecule has 0 saturated carbocycles. The number of hydrogen-bond donors (Lipinski definition) is 0. The Balaban J connectivity index is 1.25. The second-order valence-electron chi connectivity index (χ2n) is 13.0. The second kappa shape index (κ2) is 10.4. The molecule has 2 aromatic heterocycles. The van der Waals surface area contributed by atoms with Crippen molar-refractivity contribution in [2.45, 2.75) is 0 Å². The maximum absolute atomic E-state index is 5.47. The van der Waals surface area contributed by atoms with Gasteiger partial charge in [-0.05, 0) is 76.3 Å². The van der Waals surface area contributed by atoms with E-state index in [1.165, 1.54) is 49.0 Å². The Labute approximate surface area is 288 Å². The smallest absolute Gasteiger partial charge is 0.165 e. The quantitative estimate of drug-likeness (QED) is 0.193. The minimum absolute atomic E-state index is 0.809. The molecule has 0 spiro atoms.